The van der Waals surface area contributed by atoms with E-state index in [0.717, 1.165) is 5.56 Å². The van der Waals surface area contributed by atoms with E-state index >= 15 is 0 Å². The molecule has 0 saturated carbocycles. The summed E-state index contributed by atoms with van der Waals surface area (Å²) in [6.07, 6.45) is 0. The van der Waals surface area contributed by atoms with Crippen molar-refractivity contribution in [3.8, 4) is 5.75 Å². The summed E-state index contributed by atoms with van der Waals surface area (Å²) in [6.45, 7) is 1.73. The van der Waals surface area contributed by atoms with Gasteiger partial charge in [0.15, 0.2) is 5.78 Å². The highest BCUT2D eigenvalue weighted by molar-refractivity contribution is 5.97. The van der Waals surface area contributed by atoms with Gasteiger partial charge in [0.2, 0.25) is 0 Å². The van der Waals surface area contributed by atoms with Gasteiger partial charge in [0, 0.05) is 5.69 Å². The zero-order valence-electron chi connectivity index (χ0n) is 10.5. The van der Waals surface area contributed by atoms with Gasteiger partial charge in [-0.25, -0.2) is 4.39 Å². The number of halogens is 1. The fourth-order valence-electron chi connectivity index (χ4n) is 1.69. The first-order valence-corrected chi connectivity index (χ1v) is 5.84. The van der Waals surface area contributed by atoms with Crippen LogP contribution in [0.25, 0.3) is 0 Å². The predicted octanol–water partition coefficient (Wildman–Crippen LogP) is 3.19. The SMILES string of the molecule is CC(=O)c1cc(N)ccc1OCc1ccc(F)cc1. The van der Waals surface area contributed by atoms with E-state index in [1.165, 1.54) is 19.1 Å². The molecule has 0 aliphatic rings. The highest BCUT2D eigenvalue weighted by Gasteiger charge is 2.09. The summed E-state index contributed by atoms with van der Waals surface area (Å²) in [6, 6.07) is 10.9. The fourth-order valence-corrected chi connectivity index (χ4v) is 1.69. The minimum absolute atomic E-state index is 0.110. The maximum atomic E-state index is 12.8. The van der Waals surface area contributed by atoms with Gasteiger partial charge in [-0.15, -0.1) is 0 Å². The number of hydrogen-bond donors (Lipinski definition) is 1. The van der Waals surface area contributed by atoms with Crippen LogP contribution in [0.1, 0.15) is 22.8 Å². The van der Waals surface area contributed by atoms with E-state index in [0.29, 0.717) is 17.0 Å². The Kier molecular flexibility index (Phi) is 3.80. The van der Waals surface area contributed by atoms with Crippen LogP contribution in [0, 0.1) is 5.82 Å². The van der Waals surface area contributed by atoms with Crippen LogP contribution >= 0.6 is 0 Å². The first-order chi connectivity index (χ1) is 9.06. The normalized spacial score (nSPS) is 10.2. The van der Waals surface area contributed by atoms with Crippen molar-refractivity contribution in [2.24, 2.45) is 0 Å². The molecule has 4 heteroatoms. The molecule has 0 atom stereocenters. The van der Waals surface area contributed by atoms with Crippen LogP contribution in [0.2, 0.25) is 0 Å². The van der Waals surface area contributed by atoms with E-state index in [9.17, 15) is 9.18 Å². The molecule has 0 aliphatic heterocycles. The topological polar surface area (TPSA) is 52.3 Å². The molecule has 2 N–H and O–H groups in total. The Labute approximate surface area is 110 Å². The lowest BCUT2D eigenvalue weighted by Gasteiger charge is -2.10. The van der Waals surface area contributed by atoms with Crippen molar-refractivity contribution in [2.45, 2.75) is 13.5 Å². The second-order valence-corrected chi connectivity index (χ2v) is 4.23. The van der Waals surface area contributed by atoms with Gasteiger partial charge in [-0.3, -0.25) is 4.79 Å². The van der Waals surface area contributed by atoms with E-state index in [4.69, 9.17) is 10.5 Å². The summed E-state index contributed by atoms with van der Waals surface area (Å²) in [5.41, 5.74) is 7.43. The Morgan fingerprint density at radius 3 is 2.53 bits per heavy atom. The second-order valence-electron chi connectivity index (χ2n) is 4.23. The number of Topliss-reactive ketones (excluding diaryl/α,β-unsaturated/α-hetero) is 1. The van der Waals surface area contributed by atoms with Crippen LogP contribution in [0.3, 0.4) is 0 Å². The molecule has 0 radical (unpaired) electrons. The van der Waals surface area contributed by atoms with E-state index in [1.807, 2.05) is 0 Å². The van der Waals surface area contributed by atoms with Crippen molar-refractivity contribution in [1.82, 2.24) is 0 Å². The van der Waals surface area contributed by atoms with Crippen LogP contribution < -0.4 is 10.5 Å². The Bertz CT molecular complexity index is 594. The number of anilines is 1. The Morgan fingerprint density at radius 2 is 1.89 bits per heavy atom. The maximum Gasteiger partial charge on any atom is 0.163 e. The van der Waals surface area contributed by atoms with Gasteiger partial charge in [-0.1, -0.05) is 12.1 Å². The fraction of sp³-hybridized carbons (Fsp3) is 0.133. The molecule has 0 heterocycles. The zero-order chi connectivity index (χ0) is 13.8. The van der Waals surface area contributed by atoms with E-state index < -0.39 is 0 Å². The molecule has 19 heavy (non-hydrogen) atoms. The van der Waals surface area contributed by atoms with Crippen molar-refractivity contribution < 1.29 is 13.9 Å². The third-order valence-corrected chi connectivity index (χ3v) is 2.69. The molecular formula is C15H14FNO2. The molecule has 2 aromatic carbocycles. The van der Waals surface area contributed by atoms with Gasteiger partial charge in [0.25, 0.3) is 0 Å². The van der Waals surface area contributed by atoms with Crippen molar-refractivity contribution in [2.75, 3.05) is 5.73 Å². The lowest BCUT2D eigenvalue weighted by atomic mass is 10.1. The Morgan fingerprint density at radius 1 is 1.21 bits per heavy atom. The smallest absolute Gasteiger partial charge is 0.163 e. The van der Waals surface area contributed by atoms with Crippen molar-refractivity contribution in [1.29, 1.82) is 0 Å². The van der Waals surface area contributed by atoms with Gasteiger partial charge in [-0.2, -0.15) is 0 Å². The summed E-state index contributed by atoms with van der Waals surface area (Å²) >= 11 is 0. The first kappa shape index (κ1) is 13.1. The second kappa shape index (κ2) is 5.52. The number of nitrogens with two attached hydrogens (primary N) is 1. The third-order valence-electron chi connectivity index (χ3n) is 2.69. The van der Waals surface area contributed by atoms with Crippen molar-refractivity contribution >= 4 is 11.5 Å². The van der Waals surface area contributed by atoms with E-state index in [2.05, 4.69) is 0 Å². The first-order valence-electron chi connectivity index (χ1n) is 5.84. The number of carbonyl (C=O) groups excluding carboxylic acids is 1. The molecule has 0 aromatic heterocycles. The molecular weight excluding hydrogens is 245 g/mol. The average molecular weight is 259 g/mol. The van der Waals surface area contributed by atoms with Crippen LogP contribution in [0.15, 0.2) is 42.5 Å². The number of nitrogen functional groups attached to an aromatic ring is 1. The third kappa shape index (κ3) is 3.31. The van der Waals surface area contributed by atoms with Gasteiger partial charge in [0.05, 0.1) is 5.56 Å². The molecule has 0 amide bonds. The molecule has 2 aromatic rings. The predicted molar refractivity (Wildman–Crippen MR) is 71.6 cm³/mol. The molecule has 0 saturated heterocycles. The lowest BCUT2D eigenvalue weighted by molar-refractivity contribution is 0.101. The number of carbonyl (C=O) groups is 1. The summed E-state index contributed by atoms with van der Waals surface area (Å²) in [5.74, 6) is 0.0769. The molecule has 3 nitrogen and oxygen atoms in total. The maximum absolute atomic E-state index is 12.8. The number of hydrogen-bond acceptors (Lipinski definition) is 3. The summed E-state index contributed by atoms with van der Waals surface area (Å²) in [5, 5.41) is 0. The highest BCUT2D eigenvalue weighted by Crippen LogP contribution is 2.23. The Balaban J connectivity index is 2.15. The van der Waals surface area contributed by atoms with Crippen LogP contribution in [-0.2, 0) is 6.61 Å². The number of ether oxygens (including phenoxy) is 1. The number of ketones is 1. The minimum Gasteiger partial charge on any atom is -0.488 e. The molecule has 0 unspecified atom stereocenters. The number of rotatable bonds is 4. The van der Waals surface area contributed by atoms with Gasteiger partial charge in [0.1, 0.15) is 18.2 Å². The summed E-state index contributed by atoms with van der Waals surface area (Å²) in [4.78, 5) is 11.5. The zero-order valence-corrected chi connectivity index (χ0v) is 10.5. The average Bonchev–Trinajstić information content (AvgIpc) is 2.39. The molecule has 0 aliphatic carbocycles. The van der Waals surface area contributed by atoms with Gasteiger partial charge >= 0.3 is 0 Å². The lowest BCUT2D eigenvalue weighted by Crippen LogP contribution is -2.02. The van der Waals surface area contributed by atoms with Crippen LogP contribution in [0.5, 0.6) is 5.75 Å². The molecule has 98 valence electrons. The Hall–Kier alpha value is -2.36. The molecule has 0 bridgehead atoms. The van der Waals surface area contributed by atoms with E-state index in [-0.39, 0.29) is 18.2 Å². The summed E-state index contributed by atoms with van der Waals surface area (Å²) < 4.78 is 18.3. The highest BCUT2D eigenvalue weighted by atomic mass is 19.1. The molecule has 2 rings (SSSR count). The minimum atomic E-state index is -0.291. The standard InChI is InChI=1S/C15H14FNO2/c1-10(18)14-8-13(17)6-7-15(14)19-9-11-2-4-12(16)5-3-11/h2-8H,9,17H2,1H3. The van der Waals surface area contributed by atoms with Crippen LogP contribution in [-0.4, -0.2) is 5.78 Å². The molecule has 0 fully saturated rings. The monoisotopic (exact) mass is 259 g/mol. The van der Waals surface area contributed by atoms with Gasteiger partial charge in [-0.05, 0) is 42.8 Å². The van der Waals surface area contributed by atoms with E-state index in [1.54, 1.807) is 30.3 Å². The van der Waals surface area contributed by atoms with Crippen LogP contribution in [0.4, 0.5) is 10.1 Å². The van der Waals surface area contributed by atoms with Gasteiger partial charge < -0.3 is 10.5 Å². The number of benzene rings is 2. The molecule has 0 spiro atoms. The van der Waals surface area contributed by atoms with Crippen molar-refractivity contribution in [3.05, 3.63) is 59.4 Å². The summed E-state index contributed by atoms with van der Waals surface area (Å²) in [7, 11) is 0. The van der Waals surface area contributed by atoms with Crippen molar-refractivity contribution in [3.63, 3.8) is 0 Å². The largest absolute Gasteiger partial charge is 0.488 e. The quantitative estimate of drug-likeness (QED) is 0.677.